The maximum absolute atomic E-state index is 8.20. The van der Waals surface area contributed by atoms with Gasteiger partial charge in [-0.1, -0.05) is 0 Å². The molecule has 0 amide bonds. The third-order valence-corrected chi connectivity index (χ3v) is 1.67. The van der Waals surface area contributed by atoms with E-state index < -0.39 is 0 Å². The summed E-state index contributed by atoms with van der Waals surface area (Å²) in [5.41, 5.74) is 1.81. The highest BCUT2D eigenvalue weighted by Crippen LogP contribution is 2.22. The predicted molar refractivity (Wildman–Crippen MR) is 44.0 cm³/mol. The van der Waals surface area contributed by atoms with Crippen LogP contribution in [0.4, 0.5) is 5.82 Å². The number of halogens is 1. The monoisotopic (exact) mass is 218 g/mol. The molecule has 0 atom stereocenters. The molecule has 0 radical (unpaired) electrons. The molecule has 1 rings (SSSR count). The summed E-state index contributed by atoms with van der Waals surface area (Å²) in [6.45, 7) is 0. The highest BCUT2D eigenvalue weighted by Gasteiger charge is 2.01. The van der Waals surface area contributed by atoms with E-state index in [2.05, 4.69) is 26.0 Å². The molecule has 60 valence electrons. The zero-order chi connectivity index (χ0) is 8.27. The molecule has 2 N–H and O–H groups in total. The summed E-state index contributed by atoms with van der Waals surface area (Å²) in [6, 6.07) is 0. The van der Waals surface area contributed by atoms with Crippen molar-refractivity contribution in [2.24, 2.45) is 12.0 Å². The van der Waals surface area contributed by atoms with Crippen LogP contribution in [0, 0.1) is 0 Å². The van der Waals surface area contributed by atoms with Crippen LogP contribution in [0.15, 0.2) is 15.7 Å². The summed E-state index contributed by atoms with van der Waals surface area (Å²) in [5.74, 6) is 0.645. The maximum atomic E-state index is 8.20. The molecule has 0 aliphatic rings. The van der Waals surface area contributed by atoms with Gasteiger partial charge >= 0.3 is 0 Å². The number of nitrogens with one attached hydrogen (secondary N) is 1. The van der Waals surface area contributed by atoms with Crippen molar-refractivity contribution < 1.29 is 5.21 Å². The zero-order valence-electron chi connectivity index (χ0n) is 5.82. The van der Waals surface area contributed by atoms with Crippen LogP contribution >= 0.6 is 15.9 Å². The number of hydroxylamine groups is 1. The number of aliphatic imine (C=N–C) groups is 1. The Labute approximate surface area is 71.8 Å². The third kappa shape index (κ3) is 1.78. The molecule has 0 aliphatic carbocycles. The van der Waals surface area contributed by atoms with Gasteiger partial charge in [0.2, 0.25) is 0 Å². The van der Waals surface area contributed by atoms with Crippen molar-refractivity contribution in [3.05, 3.63) is 10.7 Å². The Morgan fingerprint density at radius 3 is 3.09 bits per heavy atom. The lowest BCUT2D eigenvalue weighted by atomic mass is 10.6. The fraction of sp³-hybridized carbons (Fsp3) is 0.200. The Hall–Kier alpha value is -0.880. The summed E-state index contributed by atoms with van der Waals surface area (Å²) in [4.78, 5) is 3.85. The van der Waals surface area contributed by atoms with Gasteiger partial charge in [0.1, 0.15) is 6.34 Å². The molecule has 0 saturated carbocycles. The van der Waals surface area contributed by atoms with Crippen LogP contribution in [-0.4, -0.2) is 21.3 Å². The highest BCUT2D eigenvalue weighted by molar-refractivity contribution is 9.10. The van der Waals surface area contributed by atoms with Crippen molar-refractivity contribution >= 4 is 28.1 Å². The first kappa shape index (κ1) is 8.22. The van der Waals surface area contributed by atoms with Crippen molar-refractivity contribution in [1.82, 2.24) is 15.3 Å². The molecule has 0 fully saturated rings. The Balaban J connectivity index is 2.92. The van der Waals surface area contributed by atoms with E-state index in [1.807, 2.05) is 0 Å². The van der Waals surface area contributed by atoms with Crippen LogP contribution in [0.25, 0.3) is 0 Å². The van der Waals surface area contributed by atoms with E-state index in [9.17, 15) is 0 Å². The molecule has 1 heterocycles. The lowest BCUT2D eigenvalue weighted by Crippen LogP contribution is -2.01. The number of aromatic nitrogens is 2. The number of rotatable bonds is 2. The van der Waals surface area contributed by atoms with Crippen molar-refractivity contribution in [3.63, 3.8) is 0 Å². The van der Waals surface area contributed by atoms with Gasteiger partial charge in [0.05, 0.1) is 10.7 Å². The quantitative estimate of drug-likeness (QED) is 0.439. The van der Waals surface area contributed by atoms with E-state index in [1.54, 1.807) is 23.4 Å². The SMILES string of the molecule is Cn1ncc(Br)c1/N=C/NO. The zero-order valence-corrected chi connectivity index (χ0v) is 7.41. The van der Waals surface area contributed by atoms with Crippen LogP contribution in [0.2, 0.25) is 0 Å². The van der Waals surface area contributed by atoms with E-state index in [4.69, 9.17) is 5.21 Å². The number of nitrogens with zero attached hydrogens (tertiary/aromatic N) is 3. The van der Waals surface area contributed by atoms with Crippen molar-refractivity contribution in [3.8, 4) is 0 Å². The average molecular weight is 219 g/mol. The summed E-state index contributed by atoms with van der Waals surface area (Å²) >= 11 is 3.24. The molecule has 0 aromatic carbocycles. The van der Waals surface area contributed by atoms with Gasteiger partial charge in [0.25, 0.3) is 0 Å². The molecule has 0 aliphatic heterocycles. The molecule has 1 aromatic rings. The molecular formula is C5H7BrN4O. The molecule has 0 unspecified atom stereocenters. The third-order valence-electron chi connectivity index (χ3n) is 1.11. The van der Waals surface area contributed by atoms with Crippen LogP contribution in [-0.2, 0) is 7.05 Å². The van der Waals surface area contributed by atoms with Crippen LogP contribution in [0.3, 0.4) is 0 Å². The maximum Gasteiger partial charge on any atom is 0.166 e. The minimum atomic E-state index is 0.645. The molecule has 6 heteroatoms. The van der Waals surface area contributed by atoms with E-state index in [0.717, 1.165) is 4.47 Å². The van der Waals surface area contributed by atoms with Crippen molar-refractivity contribution in [2.45, 2.75) is 0 Å². The fourth-order valence-corrected chi connectivity index (χ4v) is 1.09. The average Bonchev–Trinajstić information content (AvgIpc) is 2.29. The molecule has 0 spiro atoms. The minimum absolute atomic E-state index is 0.645. The Morgan fingerprint density at radius 2 is 2.64 bits per heavy atom. The molecule has 0 bridgehead atoms. The van der Waals surface area contributed by atoms with Gasteiger partial charge in [-0.2, -0.15) is 5.10 Å². The van der Waals surface area contributed by atoms with Gasteiger partial charge in [-0.15, -0.1) is 0 Å². The van der Waals surface area contributed by atoms with Gasteiger partial charge in [-0.05, 0) is 15.9 Å². The van der Waals surface area contributed by atoms with E-state index in [0.29, 0.717) is 5.82 Å². The first-order valence-electron chi connectivity index (χ1n) is 2.85. The first-order chi connectivity index (χ1) is 5.25. The van der Waals surface area contributed by atoms with Crippen molar-refractivity contribution in [1.29, 1.82) is 0 Å². The summed E-state index contributed by atoms with van der Waals surface area (Å²) in [7, 11) is 1.76. The highest BCUT2D eigenvalue weighted by atomic mass is 79.9. The van der Waals surface area contributed by atoms with E-state index >= 15 is 0 Å². The fourth-order valence-electron chi connectivity index (χ4n) is 0.640. The van der Waals surface area contributed by atoms with Gasteiger partial charge in [0.15, 0.2) is 5.82 Å². The summed E-state index contributed by atoms with van der Waals surface area (Å²) < 4.78 is 2.37. The lowest BCUT2D eigenvalue weighted by molar-refractivity contribution is 0.240. The molecule has 11 heavy (non-hydrogen) atoms. The largest absolute Gasteiger partial charge is 0.290 e. The normalized spacial score (nSPS) is 10.8. The number of aryl methyl sites for hydroxylation is 1. The second-order valence-electron chi connectivity index (χ2n) is 1.83. The molecule has 5 nitrogen and oxygen atoms in total. The standard InChI is InChI=1S/C5H7BrN4O/c1-10-5(7-3-9-11)4(6)2-8-10/h2-3,11H,1H3,(H,7,9). The van der Waals surface area contributed by atoms with Crippen molar-refractivity contribution in [2.75, 3.05) is 0 Å². The van der Waals surface area contributed by atoms with Gasteiger partial charge in [-0.3, -0.25) is 10.7 Å². The van der Waals surface area contributed by atoms with Gasteiger partial charge in [-0.25, -0.2) is 9.67 Å². The predicted octanol–water partition coefficient (Wildman–Crippen LogP) is 0.821. The molecular weight excluding hydrogens is 212 g/mol. The second-order valence-corrected chi connectivity index (χ2v) is 2.68. The van der Waals surface area contributed by atoms with Gasteiger partial charge in [0, 0.05) is 7.05 Å². The first-order valence-corrected chi connectivity index (χ1v) is 3.64. The Bertz CT molecular complexity index is 250. The van der Waals surface area contributed by atoms with E-state index in [1.165, 1.54) is 6.34 Å². The summed E-state index contributed by atoms with van der Waals surface area (Å²) in [6.07, 6.45) is 2.80. The molecule has 0 saturated heterocycles. The number of hydrogen-bond donors (Lipinski definition) is 2. The van der Waals surface area contributed by atoms with Crippen LogP contribution in [0.5, 0.6) is 0 Å². The Morgan fingerprint density at radius 1 is 1.91 bits per heavy atom. The lowest BCUT2D eigenvalue weighted by Gasteiger charge is -1.93. The summed E-state index contributed by atoms with van der Waals surface area (Å²) in [5, 5.41) is 12.1. The van der Waals surface area contributed by atoms with E-state index in [-0.39, 0.29) is 0 Å². The second kappa shape index (κ2) is 3.49. The number of hydrogen-bond acceptors (Lipinski definition) is 3. The molecule has 1 aromatic heterocycles. The van der Waals surface area contributed by atoms with Crippen LogP contribution < -0.4 is 5.48 Å². The van der Waals surface area contributed by atoms with Crippen LogP contribution in [0.1, 0.15) is 0 Å². The van der Waals surface area contributed by atoms with Gasteiger partial charge < -0.3 is 0 Å². The topological polar surface area (TPSA) is 62.4 Å². The Kier molecular flexibility index (Phi) is 2.61. The minimum Gasteiger partial charge on any atom is -0.290 e. The smallest absolute Gasteiger partial charge is 0.166 e.